The van der Waals surface area contributed by atoms with Gasteiger partial charge in [-0.15, -0.1) is 0 Å². The molecule has 8 N–H and O–H groups in total. The van der Waals surface area contributed by atoms with E-state index in [-0.39, 0.29) is 0 Å². The summed E-state index contributed by atoms with van der Waals surface area (Å²) >= 11 is 0. The van der Waals surface area contributed by atoms with Crippen molar-refractivity contribution in [1.29, 1.82) is 0 Å². The van der Waals surface area contributed by atoms with E-state index >= 15 is 0 Å². The lowest BCUT2D eigenvalue weighted by atomic mass is 9.91. The van der Waals surface area contributed by atoms with Gasteiger partial charge in [0.05, 0.1) is 22.8 Å². The second-order valence-corrected chi connectivity index (χ2v) is 12.6. The third-order valence-electron chi connectivity index (χ3n) is 8.77. The quantitative estimate of drug-likeness (QED) is 0.109. The average Bonchev–Trinajstić information content (AvgIpc) is 3.09. The van der Waals surface area contributed by atoms with Gasteiger partial charge < -0.3 is 22.9 Å². The molecule has 0 unspecified atom stereocenters. The molecule has 250 valence electrons. The number of rotatable bonds is 12. The zero-order chi connectivity index (χ0) is 34.5. The molecule has 10 nitrogen and oxygen atoms in total. The molecule has 4 heterocycles. The lowest BCUT2D eigenvalue weighted by molar-refractivity contribution is 0.242. The van der Waals surface area contributed by atoms with Crippen LogP contribution < -0.4 is 22.9 Å². The number of aromatic nitrogens is 4. The number of anilines is 4. The normalized spacial score (nSPS) is 11.6. The van der Waals surface area contributed by atoms with Crippen molar-refractivity contribution in [3.05, 3.63) is 155 Å². The van der Waals surface area contributed by atoms with E-state index in [4.69, 9.17) is 22.9 Å². The summed E-state index contributed by atoms with van der Waals surface area (Å²) in [6.07, 6.45) is 0. The fourth-order valence-corrected chi connectivity index (χ4v) is 6.69. The highest BCUT2D eigenvalue weighted by molar-refractivity contribution is 6.05. The molecule has 0 aliphatic rings. The van der Waals surface area contributed by atoms with Crippen LogP contribution in [-0.4, -0.2) is 29.7 Å². The topological polar surface area (TPSA) is 162 Å². The number of fused-ring (bicyclic) bond motifs is 2. The number of benzene rings is 3. The smallest absolute Gasteiger partial charge is 0.123 e. The van der Waals surface area contributed by atoms with Crippen molar-refractivity contribution < 1.29 is 0 Å². The van der Waals surface area contributed by atoms with Gasteiger partial charge in [0, 0.05) is 39.3 Å². The van der Waals surface area contributed by atoms with Crippen LogP contribution in [0.4, 0.5) is 23.3 Å². The molecule has 0 fully saturated rings. The van der Waals surface area contributed by atoms with Gasteiger partial charge in [-0.3, -0.25) is 9.80 Å². The van der Waals surface area contributed by atoms with Crippen LogP contribution in [0, 0.1) is 0 Å². The summed E-state index contributed by atoms with van der Waals surface area (Å²) in [5.41, 5.74) is 30.4. The molecule has 0 aliphatic carbocycles. The molecule has 0 aliphatic heterocycles. The molecular formula is C40H40N10. The van der Waals surface area contributed by atoms with E-state index in [9.17, 15) is 0 Å². The van der Waals surface area contributed by atoms with Crippen molar-refractivity contribution in [3.63, 3.8) is 0 Å². The van der Waals surface area contributed by atoms with Crippen molar-refractivity contribution in [1.82, 2.24) is 29.7 Å². The van der Waals surface area contributed by atoms with Gasteiger partial charge in [-0.25, -0.2) is 19.9 Å². The van der Waals surface area contributed by atoms with Gasteiger partial charge in [-0.1, -0.05) is 72.8 Å². The Balaban J connectivity index is 1.31. The minimum absolute atomic E-state index is 0.496. The molecule has 0 saturated heterocycles. The van der Waals surface area contributed by atoms with Crippen molar-refractivity contribution in [2.75, 3.05) is 22.9 Å². The summed E-state index contributed by atoms with van der Waals surface area (Å²) in [6.45, 7) is 3.64. The SMILES string of the molecule is Nc1cccc(CN(Cc2cccc(N)n2)Cc2c3ccccc3c(CN(Cc3cccc(N)n3)Cc3cccc(N)n3)c3ccccc23)n1. The van der Waals surface area contributed by atoms with Gasteiger partial charge >= 0.3 is 0 Å². The Bertz CT molecular complexity index is 1960. The molecule has 50 heavy (non-hydrogen) atoms. The Kier molecular flexibility index (Phi) is 9.45. The van der Waals surface area contributed by atoms with Crippen LogP contribution >= 0.6 is 0 Å². The first-order valence-corrected chi connectivity index (χ1v) is 16.6. The first kappa shape index (κ1) is 32.4. The van der Waals surface area contributed by atoms with E-state index in [1.54, 1.807) is 0 Å². The largest absolute Gasteiger partial charge is 0.384 e. The van der Waals surface area contributed by atoms with E-state index in [1.807, 2.05) is 72.8 Å². The summed E-state index contributed by atoms with van der Waals surface area (Å²) in [5, 5.41) is 4.76. The van der Waals surface area contributed by atoms with Crippen molar-refractivity contribution in [3.8, 4) is 0 Å². The standard InChI is InChI=1S/C40H40N10/c41-37-17-5-9-27(45-37)21-49(22-28-10-6-18-38(42)46-28)25-35-31-13-1-2-14-32(31)36(34-16-4-3-15-33(34)35)26-50(23-29-11-7-19-39(43)47-29)24-30-12-8-20-40(44)48-30/h1-20H,21-26H2,(H2,41,45)(H2,42,46)(H2,43,47)(H2,44,48). The van der Waals surface area contributed by atoms with Crippen LogP contribution in [0.5, 0.6) is 0 Å². The minimum Gasteiger partial charge on any atom is -0.384 e. The predicted molar refractivity (Wildman–Crippen MR) is 202 cm³/mol. The maximum atomic E-state index is 6.09. The molecule has 10 heteroatoms. The summed E-state index contributed by atoms with van der Waals surface area (Å²) in [7, 11) is 0. The molecule has 0 saturated carbocycles. The molecule has 0 amide bonds. The molecule has 4 aromatic heterocycles. The van der Waals surface area contributed by atoms with Crippen LogP contribution in [0.25, 0.3) is 21.5 Å². The van der Waals surface area contributed by atoms with Gasteiger partial charge in [-0.05, 0) is 81.2 Å². The van der Waals surface area contributed by atoms with Crippen LogP contribution in [-0.2, 0) is 39.3 Å². The third-order valence-corrected chi connectivity index (χ3v) is 8.77. The third kappa shape index (κ3) is 7.62. The lowest BCUT2D eigenvalue weighted by Gasteiger charge is -2.27. The van der Waals surface area contributed by atoms with Crippen LogP contribution in [0.15, 0.2) is 121 Å². The first-order chi connectivity index (χ1) is 24.4. The number of pyridine rings is 4. The molecular weight excluding hydrogens is 621 g/mol. The Morgan fingerprint density at radius 2 is 0.580 bits per heavy atom. The molecule has 7 aromatic rings. The van der Waals surface area contributed by atoms with Gasteiger partial charge in [0.15, 0.2) is 0 Å². The first-order valence-electron chi connectivity index (χ1n) is 16.6. The summed E-state index contributed by atoms with van der Waals surface area (Å²) in [4.78, 5) is 23.2. The van der Waals surface area contributed by atoms with E-state index in [0.717, 1.165) is 22.8 Å². The van der Waals surface area contributed by atoms with E-state index < -0.39 is 0 Å². The van der Waals surface area contributed by atoms with Crippen LogP contribution in [0.2, 0.25) is 0 Å². The summed E-state index contributed by atoms with van der Waals surface area (Å²) in [5.74, 6) is 1.99. The molecule has 0 spiro atoms. The maximum Gasteiger partial charge on any atom is 0.123 e. The Hall–Kier alpha value is -6.10. The van der Waals surface area contributed by atoms with Crippen molar-refractivity contribution in [2.24, 2.45) is 0 Å². The Morgan fingerprint density at radius 3 is 0.820 bits per heavy atom. The van der Waals surface area contributed by atoms with E-state index in [0.29, 0.717) is 62.5 Å². The number of nitrogen functional groups attached to an aromatic ring is 4. The highest BCUT2D eigenvalue weighted by Crippen LogP contribution is 2.35. The van der Waals surface area contributed by atoms with Crippen LogP contribution in [0.3, 0.4) is 0 Å². The molecule has 0 atom stereocenters. The lowest BCUT2D eigenvalue weighted by Crippen LogP contribution is -2.25. The van der Waals surface area contributed by atoms with Gasteiger partial charge in [0.2, 0.25) is 0 Å². The predicted octanol–water partition coefficient (Wildman–Crippen LogP) is 6.31. The van der Waals surface area contributed by atoms with Crippen molar-refractivity contribution in [2.45, 2.75) is 39.3 Å². The zero-order valence-corrected chi connectivity index (χ0v) is 27.8. The second kappa shape index (κ2) is 14.6. The monoisotopic (exact) mass is 660 g/mol. The Labute approximate surface area is 291 Å². The summed E-state index contributed by atoms with van der Waals surface area (Å²) in [6, 6.07) is 40.4. The highest BCUT2D eigenvalue weighted by atomic mass is 15.1. The van der Waals surface area contributed by atoms with E-state index in [2.05, 4.69) is 78.3 Å². The fraction of sp³-hybridized carbons (Fsp3) is 0.150. The zero-order valence-electron chi connectivity index (χ0n) is 27.8. The molecule has 0 radical (unpaired) electrons. The van der Waals surface area contributed by atoms with Crippen LogP contribution in [0.1, 0.15) is 33.9 Å². The van der Waals surface area contributed by atoms with Gasteiger partial charge in [-0.2, -0.15) is 0 Å². The molecule has 3 aromatic carbocycles. The number of hydrogen-bond donors (Lipinski definition) is 4. The van der Waals surface area contributed by atoms with E-state index in [1.165, 1.54) is 32.7 Å². The van der Waals surface area contributed by atoms with Gasteiger partial charge in [0.25, 0.3) is 0 Å². The highest BCUT2D eigenvalue weighted by Gasteiger charge is 2.20. The molecule has 0 bridgehead atoms. The van der Waals surface area contributed by atoms with Crippen molar-refractivity contribution >= 4 is 44.8 Å². The minimum atomic E-state index is 0.496. The average molecular weight is 661 g/mol. The Morgan fingerprint density at radius 1 is 0.320 bits per heavy atom. The summed E-state index contributed by atoms with van der Waals surface area (Å²) < 4.78 is 0. The number of hydrogen-bond acceptors (Lipinski definition) is 10. The second-order valence-electron chi connectivity index (χ2n) is 12.6. The number of nitrogens with zero attached hydrogens (tertiary/aromatic N) is 6. The van der Waals surface area contributed by atoms with Gasteiger partial charge in [0.1, 0.15) is 23.3 Å². The molecule has 7 rings (SSSR count). The fourth-order valence-electron chi connectivity index (χ4n) is 6.69. The number of nitrogens with two attached hydrogens (primary N) is 4. The maximum absolute atomic E-state index is 6.09.